The minimum Gasteiger partial charge on any atom is -0.397 e. The minimum atomic E-state index is -0.614. The Morgan fingerprint density at radius 1 is 1.50 bits per heavy atom. The van der Waals surface area contributed by atoms with E-state index in [-0.39, 0.29) is 28.0 Å². The third-order valence-corrected chi connectivity index (χ3v) is 2.96. The highest BCUT2D eigenvalue weighted by Crippen LogP contribution is 2.29. The van der Waals surface area contributed by atoms with Crippen LogP contribution in [0.2, 0.25) is 5.02 Å². The van der Waals surface area contributed by atoms with Crippen LogP contribution in [0.1, 0.15) is 24.2 Å². The van der Waals surface area contributed by atoms with Crippen molar-refractivity contribution in [1.29, 1.82) is 0 Å². The Balaban J connectivity index is 3.31. The number of hydrogen-bond acceptors (Lipinski definition) is 4. The Labute approximate surface area is 109 Å². The van der Waals surface area contributed by atoms with E-state index in [1.54, 1.807) is 7.05 Å². The largest absolute Gasteiger partial charge is 0.397 e. The van der Waals surface area contributed by atoms with Gasteiger partial charge in [0.2, 0.25) is 0 Å². The number of nitrogens with two attached hydrogens (primary N) is 1. The molecule has 1 rings (SSSR count). The lowest BCUT2D eigenvalue weighted by molar-refractivity contribution is -0.384. The first-order chi connectivity index (χ1) is 8.25. The molecule has 98 valence electrons. The van der Waals surface area contributed by atoms with Crippen molar-refractivity contribution in [2.45, 2.75) is 19.9 Å². The molecule has 0 fully saturated rings. The molecule has 7 heteroatoms. The van der Waals surface area contributed by atoms with Gasteiger partial charge in [0.25, 0.3) is 11.6 Å². The summed E-state index contributed by atoms with van der Waals surface area (Å²) in [4.78, 5) is 23.6. The molecule has 0 aliphatic carbocycles. The number of nitro groups is 1. The second kappa shape index (κ2) is 5.22. The summed E-state index contributed by atoms with van der Waals surface area (Å²) >= 11 is 5.79. The molecule has 6 nitrogen and oxygen atoms in total. The number of rotatable bonds is 3. The summed E-state index contributed by atoms with van der Waals surface area (Å²) in [7, 11) is 1.60. The van der Waals surface area contributed by atoms with Crippen molar-refractivity contribution in [3.63, 3.8) is 0 Å². The number of halogens is 1. The highest BCUT2D eigenvalue weighted by molar-refractivity contribution is 6.34. The van der Waals surface area contributed by atoms with Gasteiger partial charge in [-0.15, -0.1) is 0 Å². The zero-order chi connectivity index (χ0) is 14.0. The number of amides is 1. The van der Waals surface area contributed by atoms with Gasteiger partial charge in [-0.3, -0.25) is 14.9 Å². The molecule has 1 aromatic rings. The Kier molecular flexibility index (Phi) is 4.13. The number of carbonyl (C=O) groups is 1. The van der Waals surface area contributed by atoms with E-state index in [1.165, 1.54) is 4.90 Å². The number of anilines is 1. The quantitative estimate of drug-likeness (QED) is 0.519. The van der Waals surface area contributed by atoms with Crippen LogP contribution in [-0.4, -0.2) is 28.8 Å². The highest BCUT2D eigenvalue weighted by atomic mass is 35.5. The molecule has 0 aliphatic heterocycles. The molecule has 0 aliphatic rings. The number of nitro benzene ring substituents is 1. The predicted octanol–water partition coefficient (Wildman–Crippen LogP) is 2.31. The van der Waals surface area contributed by atoms with Gasteiger partial charge in [0.05, 0.1) is 21.2 Å². The van der Waals surface area contributed by atoms with Gasteiger partial charge in [-0.2, -0.15) is 0 Å². The number of non-ortho nitro benzene ring substituents is 1. The van der Waals surface area contributed by atoms with Gasteiger partial charge in [0.15, 0.2) is 0 Å². The van der Waals surface area contributed by atoms with Crippen LogP contribution in [0.3, 0.4) is 0 Å². The average Bonchev–Trinajstić information content (AvgIpc) is 2.30. The summed E-state index contributed by atoms with van der Waals surface area (Å²) in [5, 5.41) is 10.7. The maximum Gasteiger partial charge on any atom is 0.271 e. The van der Waals surface area contributed by atoms with E-state index in [4.69, 9.17) is 17.3 Å². The van der Waals surface area contributed by atoms with E-state index in [9.17, 15) is 14.9 Å². The van der Waals surface area contributed by atoms with E-state index < -0.39 is 10.8 Å². The molecule has 0 spiro atoms. The van der Waals surface area contributed by atoms with Crippen LogP contribution < -0.4 is 5.73 Å². The van der Waals surface area contributed by atoms with Gasteiger partial charge in [-0.1, -0.05) is 11.6 Å². The maximum absolute atomic E-state index is 12.1. The maximum atomic E-state index is 12.1. The van der Waals surface area contributed by atoms with E-state index in [1.807, 2.05) is 13.8 Å². The molecule has 0 atom stereocenters. The summed E-state index contributed by atoms with van der Waals surface area (Å²) < 4.78 is 0. The smallest absolute Gasteiger partial charge is 0.271 e. The summed E-state index contributed by atoms with van der Waals surface area (Å²) in [5.74, 6) is -0.395. The van der Waals surface area contributed by atoms with Crippen LogP contribution >= 0.6 is 11.6 Å². The van der Waals surface area contributed by atoms with Gasteiger partial charge in [0, 0.05) is 25.2 Å². The Hall–Kier alpha value is -1.82. The molecular formula is C11H14ClN3O3. The lowest BCUT2D eigenvalue weighted by Gasteiger charge is -2.22. The lowest BCUT2D eigenvalue weighted by Crippen LogP contribution is -2.33. The lowest BCUT2D eigenvalue weighted by atomic mass is 10.1. The molecule has 0 heterocycles. The summed E-state index contributed by atoms with van der Waals surface area (Å²) in [6, 6.07) is 2.22. The van der Waals surface area contributed by atoms with Crippen molar-refractivity contribution >= 4 is 28.9 Å². The van der Waals surface area contributed by atoms with Gasteiger partial charge >= 0.3 is 0 Å². The summed E-state index contributed by atoms with van der Waals surface area (Å²) in [6.45, 7) is 3.65. The van der Waals surface area contributed by atoms with Crippen molar-refractivity contribution in [3.8, 4) is 0 Å². The number of nitrogens with zero attached hydrogens (tertiary/aromatic N) is 2. The molecule has 0 aromatic heterocycles. The predicted molar refractivity (Wildman–Crippen MR) is 69.7 cm³/mol. The monoisotopic (exact) mass is 271 g/mol. The van der Waals surface area contributed by atoms with Gasteiger partial charge in [-0.25, -0.2) is 0 Å². The van der Waals surface area contributed by atoms with E-state index in [0.717, 1.165) is 12.1 Å². The van der Waals surface area contributed by atoms with Crippen LogP contribution in [-0.2, 0) is 0 Å². The molecule has 0 radical (unpaired) electrons. The van der Waals surface area contributed by atoms with Crippen molar-refractivity contribution in [3.05, 3.63) is 32.8 Å². The van der Waals surface area contributed by atoms with Gasteiger partial charge < -0.3 is 10.6 Å². The van der Waals surface area contributed by atoms with Crippen LogP contribution in [0, 0.1) is 10.1 Å². The fourth-order valence-corrected chi connectivity index (χ4v) is 1.52. The van der Waals surface area contributed by atoms with Crippen LogP contribution in [0.4, 0.5) is 11.4 Å². The van der Waals surface area contributed by atoms with Crippen LogP contribution in [0.15, 0.2) is 12.1 Å². The van der Waals surface area contributed by atoms with Crippen molar-refractivity contribution in [2.75, 3.05) is 12.8 Å². The molecule has 1 amide bonds. The Morgan fingerprint density at radius 3 is 2.50 bits per heavy atom. The molecule has 2 N–H and O–H groups in total. The first-order valence-electron chi connectivity index (χ1n) is 5.26. The van der Waals surface area contributed by atoms with Crippen LogP contribution in [0.5, 0.6) is 0 Å². The topological polar surface area (TPSA) is 89.5 Å². The Morgan fingerprint density at radius 2 is 2.06 bits per heavy atom. The molecule has 0 bridgehead atoms. The molecular weight excluding hydrogens is 258 g/mol. The van der Waals surface area contributed by atoms with Crippen molar-refractivity contribution in [1.82, 2.24) is 4.90 Å². The van der Waals surface area contributed by atoms with E-state index in [0.29, 0.717) is 0 Å². The van der Waals surface area contributed by atoms with Gasteiger partial charge in [0.1, 0.15) is 0 Å². The number of hydrogen-bond donors (Lipinski definition) is 1. The number of benzene rings is 1. The van der Waals surface area contributed by atoms with Crippen molar-refractivity contribution < 1.29 is 9.72 Å². The zero-order valence-electron chi connectivity index (χ0n) is 10.3. The SMILES string of the molecule is CC(C)N(C)C(=O)c1cc([N+](=O)[O-])cc(Cl)c1N. The van der Waals surface area contributed by atoms with Gasteiger partial charge in [-0.05, 0) is 13.8 Å². The number of carbonyl (C=O) groups excluding carboxylic acids is 1. The second-order valence-corrected chi connectivity index (χ2v) is 4.56. The first-order valence-corrected chi connectivity index (χ1v) is 5.64. The van der Waals surface area contributed by atoms with Crippen LogP contribution in [0.25, 0.3) is 0 Å². The average molecular weight is 272 g/mol. The standard InChI is InChI=1S/C11H14ClN3O3/c1-6(2)14(3)11(16)8-4-7(15(17)18)5-9(12)10(8)13/h4-6H,13H2,1-3H3. The third-order valence-electron chi connectivity index (χ3n) is 2.65. The zero-order valence-corrected chi connectivity index (χ0v) is 11.1. The summed E-state index contributed by atoms with van der Waals surface area (Å²) in [5.41, 5.74) is 5.54. The molecule has 0 unspecified atom stereocenters. The molecule has 0 saturated carbocycles. The van der Waals surface area contributed by atoms with E-state index >= 15 is 0 Å². The summed E-state index contributed by atoms with van der Waals surface area (Å²) in [6.07, 6.45) is 0. The minimum absolute atomic E-state index is 0.00436. The first kappa shape index (κ1) is 14.2. The van der Waals surface area contributed by atoms with E-state index in [2.05, 4.69) is 0 Å². The highest BCUT2D eigenvalue weighted by Gasteiger charge is 2.22. The fourth-order valence-electron chi connectivity index (χ4n) is 1.31. The Bertz CT molecular complexity index is 503. The molecule has 0 saturated heterocycles. The molecule has 18 heavy (non-hydrogen) atoms. The normalized spacial score (nSPS) is 10.5. The fraction of sp³-hybridized carbons (Fsp3) is 0.364. The number of nitrogen functional groups attached to an aromatic ring is 1. The second-order valence-electron chi connectivity index (χ2n) is 4.16. The molecule has 1 aromatic carbocycles. The van der Waals surface area contributed by atoms with Crippen molar-refractivity contribution in [2.24, 2.45) is 0 Å². The third kappa shape index (κ3) is 2.70.